The first-order valence-electron chi connectivity index (χ1n) is 14.5. The number of likely N-dealkylation sites (N-methyl/N-ethyl adjacent to an activating group) is 2. The molecule has 1 amide bonds. The number of amides is 1. The number of hydrogen-bond donors (Lipinski definition) is 2. The zero-order valence-corrected chi connectivity index (χ0v) is 25.4. The van der Waals surface area contributed by atoms with E-state index in [0.717, 1.165) is 0 Å². The molecule has 228 valence electrons. The molecular formula is C34H37FN6O3. The van der Waals surface area contributed by atoms with Gasteiger partial charge in [0, 0.05) is 38.4 Å². The fraction of sp³-hybridized carbons (Fsp3) is 0.265. The summed E-state index contributed by atoms with van der Waals surface area (Å²) in [5.41, 5.74) is 2.65. The van der Waals surface area contributed by atoms with Crippen LogP contribution in [-0.4, -0.2) is 59.4 Å². The Kier molecular flexibility index (Phi) is 9.10. The van der Waals surface area contributed by atoms with Crippen molar-refractivity contribution in [2.24, 2.45) is 0 Å². The number of ether oxygens (including phenoxy) is 1. The van der Waals surface area contributed by atoms with Gasteiger partial charge >= 0.3 is 5.69 Å². The van der Waals surface area contributed by atoms with Crippen LogP contribution < -0.4 is 20.6 Å². The topological polar surface area (TPSA) is 95.6 Å². The molecule has 44 heavy (non-hydrogen) atoms. The lowest BCUT2D eigenvalue weighted by Gasteiger charge is -2.17. The van der Waals surface area contributed by atoms with Crippen molar-refractivity contribution in [2.75, 3.05) is 37.9 Å². The molecule has 9 nitrogen and oxygen atoms in total. The number of carbonyl (C=O) groups excluding carboxylic acids is 1. The highest BCUT2D eigenvalue weighted by Gasteiger charge is 2.25. The van der Waals surface area contributed by atoms with Crippen LogP contribution in [0.3, 0.4) is 0 Å². The van der Waals surface area contributed by atoms with Gasteiger partial charge in [0.15, 0.2) is 0 Å². The Bertz CT molecular complexity index is 1750. The van der Waals surface area contributed by atoms with E-state index >= 15 is 0 Å². The van der Waals surface area contributed by atoms with E-state index in [1.165, 1.54) is 34.1 Å². The highest BCUT2D eigenvalue weighted by molar-refractivity contribution is 6.01. The van der Waals surface area contributed by atoms with Gasteiger partial charge in [-0.3, -0.25) is 14.3 Å². The van der Waals surface area contributed by atoms with Gasteiger partial charge < -0.3 is 20.4 Å². The molecule has 0 bridgehead atoms. The summed E-state index contributed by atoms with van der Waals surface area (Å²) in [6.07, 6.45) is 5.87. The molecular weight excluding hydrogens is 559 g/mol. The second-order valence-corrected chi connectivity index (χ2v) is 10.9. The zero-order valence-electron chi connectivity index (χ0n) is 25.4. The van der Waals surface area contributed by atoms with Gasteiger partial charge in [-0.15, -0.1) is 0 Å². The first-order chi connectivity index (χ1) is 21.2. The quantitative estimate of drug-likeness (QED) is 0.169. The van der Waals surface area contributed by atoms with Crippen LogP contribution in [0.1, 0.15) is 31.0 Å². The zero-order chi connectivity index (χ0) is 31.4. The van der Waals surface area contributed by atoms with E-state index < -0.39 is 0 Å². The lowest BCUT2D eigenvalue weighted by Crippen LogP contribution is -2.26. The molecule has 0 saturated heterocycles. The van der Waals surface area contributed by atoms with Gasteiger partial charge in [0.1, 0.15) is 29.7 Å². The predicted octanol–water partition coefficient (Wildman–Crippen LogP) is 5.39. The normalized spacial score (nSPS) is 13.0. The van der Waals surface area contributed by atoms with Crippen molar-refractivity contribution in [3.63, 3.8) is 0 Å². The van der Waals surface area contributed by atoms with E-state index in [1.54, 1.807) is 86.6 Å². The fourth-order valence-electron chi connectivity index (χ4n) is 5.11. The van der Waals surface area contributed by atoms with E-state index in [4.69, 9.17) is 10.1 Å². The number of nitrogens with one attached hydrogen (secondary N) is 2. The largest absolute Gasteiger partial charge is 0.489 e. The monoisotopic (exact) mass is 596 g/mol. The van der Waals surface area contributed by atoms with Crippen molar-refractivity contribution < 1.29 is 13.9 Å². The first-order valence-corrected chi connectivity index (χ1v) is 14.5. The average Bonchev–Trinajstić information content (AvgIpc) is 3.83. The van der Waals surface area contributed by atoms with Crippen LogP contribution >= 0.6 is 0 Å². The van der Waals surface area contributed by atoms with E-state index in [1.807, 2.05) is 12.1 Å². The molecule has 1 heterocycles. The Morgan fingerprint density at radius 3 is 2.43 bits per heavy atom. The number of aromatic nitrogens is 2. The number of carbonyl (C=O) groups is 1. The molecule has 1 aromatic heterocycles. The van der Waals surface area contributed by atoms with Gasteiger partial charge in [-0.05, 0) is 87.0 Å². The summed E-state index contributed by atoms with van der Waals surface area (Å²) >= 11 is 0. The summed E-state index contributed by atoms with van der Waals surface area (Å²) in [5, 5.41) is 11.6. The standard InChI is InChI=1S/C34H37FN6O3/c1-23(36)32-33(37-2)41(29-11-6-10-28(21-29)39(4)31(42)12-7-19-38(3)26-13-14-26)34(43)40(32)27-15-17-30(18-16-27)44-22-24-8-5-9-25(35)20-24/h5-12,15-18,20-21,26,36-37H,13-14,19,22H2,1-4H3/b12-7+,36-23?. The summed E-state index contributed by atoms with van der Waals surface area (Å²) < 4.78 is 22.3. The van der Waals surface area contributed by atoms with Crippen molar-refractivity contribution in [2.45, 2.75) is 32.4 Å². The summed E-state index contributed by atoms with van der Waals surface area (Å²) in [5.74, 6) is 0.512. The van der Waals surface area contributed by atoms with Crippen LogP contribution in [-0.2, 0) is 11.4 Å². The van der Waals surface area contributed by atoms with Crippen molar-refractivity contribution in [3.05, 3.63) is 113 Å². The Morgan fingerprint density at radius 1 is 1.05 bits per heavy atom. The third-order valence-electron chi connectivity index (χ3n) is 7.67. The molecule has 10 heteroatoms. The van der Waals surface area contributed by atoms with Gasteiger partial charge in [-0.25, -0.2) is 13.8 Å². The molecule has 4 aromatic rings. The second-order valence-electron chi connectivity index (χ2n) is 10.9. The van der Waals surface area contributed by atoms with Crippen LogP contribution in [0.2, 0.25) is 0 Å². The molecule has 1 saturated carbocycles. The number of anilines is 2. The number of hydrogen-bond acceptors (Lipinski definition) is 6. The second kappa shape index (κ2) is 13.1. The third kappa shape index (κ3) is 6.65. The maximum absolute atomic E-state index is 14.0. The Morgan fingerprint density at radius 2 is 1.77 bits per heavy atom. The van der Waals surface area contributed by atoms with E-state index in [2.05, 4.69) is 17.3 Å². The number of imidazole rings is 1. The average molecular weight is 597 g/mol. The SMILES string of the molecule is CNc1c(C(C)=N)n(-c2ccc(OCc3cccc(F)c3)cc2)c(=O)n1-c1cccc(N(C)C(=O)/C=C/CN(C)C2CC2)c1. The smallest absolute Gasteiger partial charge is 0.339 e. The number of halogens is 1. The van der Waals surface area contributed by atoms with Gasteiger partial charge in [0.05, 0.1) is 17.1 Å². The highest BCUT2D eigenvalue weighted by Crippen LogP contribution is 2.27. The Labute approximate surface area is 256 Å². The predicted molar refractivity (Wildman–Crippen MR) is 172 cm³/mol. The van der Waals surface area contributed by atoms with Crippen LogP contribution in [0.5, 0.6) is 5.75 Å². The molecule has 0 spiro atoms. The Hall–Kier alpha value is -4.96. The van der Waals surface area contributed by atoms with Crippen LogP contribution in [0, 0.1) is 11.2 Å². The first kappa shape index (κ1) is 30.5. The van der Waals surface area contributed by atoms with E-state index in [-0.39, 0.29) is 29.7 Å². The number of benzene rings is 3. The Balaban J connectivity index is 1.42. The molecule has 0 radical (unpaired) electrons. The number of nitrogens with zero attached hydrogens (tertiary/aromatic N) is 4. The van der Waals surface area contributed by atoms with Crippen LogP contribution in [0.4, 0.5) is 15.9 Å². The molecule has 1 aliphatic rings. The summed E-state index contributed by atoms with van der Waals surface area (Å²) in [6.45, 7) is 2.54. The minimum atomic E-state index is -0.376. The maximum atomic E-state index is 14.0. The minimum Gasteiger partial charge on any atom is -0.489 e. The molecule has 1 aliphatic carbocycles. The van der Waals surface area contributed by atoms with Gasteiger partial charge in [-0.2, -0.15) is 0 Å². The molecule has 1 fully saturated rings. The maximum Gasteiger partial charge on any atom is 0.339 e. The van der Waals surface area contributed by atoms with E-state index in [9.17, 15) is 14.0 Å². The highest BCUT2D eigenvalue weighted by atomic mass is 19.1. The van der Waals surface area contributed by atoms with Crippen molar-refractivity contribution >= 4 is 23.1 Å². The van der Waals surface area contributed by atoms with Crippen LogP contribution in [0.15, 0.2) is 89.7 Å². The molecule has 0 aliphatic heterocycles. The summed E-state index contributed by atoms with van der Waals surface area (Å²) in [4.78, 5) is 30.7. The van der Waals surface area contributed by atoms with Crippen molar-refractivity contribution in [1.29, 1.82) is 5.41 Å². The number of rotatable bonds is 12. The van der Waals surface area contributed by atoms with Crippen LogP contribution in [0.25, 0.3) is 11.4 Å². The van der Waals surface area contributed by atoms with Crippen molar-refractivity contribution in [3.8, 4) is 17.1 Å². The minimum absolute atomic E-state index is 0.166. The third-order valence-corrected chi connectivity index (χ3v) is 7.67. The molecule has 3 aromatic carbocycles. The molecule has 2 N–H and O–H groups in total. The van der Waals surface area contributed by atoms with Crippen molar-refractivity contribution in [1.82, 2.24) is 14.0 Å². The lowest BCUT2D eigenvalue weighted by atomic mass is 10.2. The molecule has 5 rings (SSSR count). The van der Waals surface area contributed by atoms with Gasteiger partial charge in [0.25, 0.3) is 0 Å². The summed E-state index contributed by atoms with van der Waals surface area (Å²) in [7, 11) is 5.47. The lowest BCUT2D eigenvalue weighted by molar-refractivity contribution is -0.113. The summed E-state index contributed by atoms with van der Waals surface area (Å²) in [6, 6.07) is 21.0. The van der Waals surface area contributed by atoms with Gasteiger partial charge in [0.2, 0.25) is 5.91 Å². The van der Waals surface area contributed by atoms with Gasteiger partial charge in [-0.1, -0.05) is 24.3 Å². The molecule has 0 unspecified atom stereocenters. The van der Waals surface area contributed by atoms with E-state index in [0.29, 0.717) is 52.5 Å². The molecule has 0 atom stereocenters. The fourth-order valence-corrected chi connectivity index (χ4v) is 5.11.